The zero-order valence-corrected chi connectivity index (χ0v) is 38.8. The number of halogens is 3. The van der Waals surface area contributed by atoms with Gasteiger partial charge in [0.1, 0.15) is 13.2 Å². The molecule has 2 unspecified atom stereocenters. The maximum atomic E-state index is 13.7. The van der Waals surface area contributed by atoms with E-state index in [1.807, 2.05) is 37.3 Å². The lowest BCUT2D eigenvalue weighted by Crippen LogP contribution is -2.46. The first kappa shape index (κ1) is 49.0. The Bertz CT molecular complexity index is 2640. The van der Waals surface area contributed by atoms with Crippen molar-refractivity contribution in [3.63, 3.8) is 0 Å². The SMILES string of the molecule is C=C(O)C1CCC(CCc2ccc(/C(C)=N\OCc3ccc(-c4ccccc4)cc3)cc2)C1.C=C(O)C1CN(Cc2ccc(/C(C)=N\OCc3ccc(-c4ccccc4)c(C(F)(F)F)c3)cc2)C1. The van der Waals surface area contributed by atoms with E-state index >= 15 is 0 Å². The van der Waals surface area contributed by atoms with Crippen LogP contribution >= 0.6 is 0 Å². The number of aliphatic hydroxyl groups excluding tert-OH is 2. The normalized spacial score (nSPS) is 16.6. The number of allylic oxidation sites excluding steroid dienone is 1. The lowest BCUT2D eigenvalue weighted by Gasteiger charge is -2.38. The number of aryl methyl sites for hydroxylation is 1. The van der Waals surface area contributed by atoms with Gasteiger partial charge in [0.15, 0.2) is 0 Å². The summed E-state index contributed by atoms with van der Waals surface area (Å²) in [7, 11) is 0. The van der Waals surface area contributed by atoms with Gasteiger partial charge in [-0.2, -0.15) is 13.2 Å². The number of oxime groups is 2. The van der Waals surface area contributed by atoms with Gasteiger partial charge in [-0.05, 0) is 114 Å². The number of benzene rings is 6. The van der Waals surface area contributed by atoms with Gasteiger partial charge in [-0.1, -0.05) is 169 Å². The monoisotopic (exact) mass is 919 g/mol. The second kappa shape index (κ2) is 23.2. The molecule has 1 saturated heterocycles. The quantitative estimate of drug-likeness (QED) is 0.0541. The van der Waals surface area contributed by atoms with Crippen LogP contribution in [0.1, 0.15) is 78.5 Å². The van der Waals surface area contributed by atoms with E-state index in [4.69, 9.17) is 9.68 Å². The largest absolute Gasteiger partial charge is 0.513 e. The number of nitrogens with zero attached hydrogens (tertiary/aromatic N) is 3. The van der Waals surface area contributed by atoms with Gasteiger partial charge in [-0.15, -0.1) is 0 Å². The molecule has 0 bridgehead atoms. The first-order chi connectivity index (χ1) is 32.8. The molecule has 1 saturated carbocycles. The van der Waals surface area contributed by atoms with Crippen molar-refractivity contribution in [2.24, 2.45) is 28.1 Å². The van der Waals surface area contributed by atoms with E-state index < -0.39 is 11.7 Å². The Morgan fingerprint density at radius 1 is 0.603 bits per heavy atom. The highest BCUT2D eigenvalue weighted by Gasteiger charge is 2.34. The van der Waals surface area contributed by atoms with E-state index in [9.17, 15) is 23.4 Å². The smallest absolute Gasteiger partial charge is 0.417 e. The van der Waals surface area contributed by atoms with E-state index in [1.165, 1.54) is 35.6 Å². The Morgan fingerprint density at radius 3 is 1.65 bits per heavy atom. The minimum absolute atomic E-state index is 0.0696. The van der Waals surface area contributed by atoms with Gasteiger partial charge >= 0.3 is 6.18 Å². The number of alkyl halides is 3. The Kier molecular flexibility index (Phi) is 16.7. The Balaban J connectivity index is 0.000000202. The number of hydrogen-bond acceptors (Lipinski definition) is 7. The van der Waals surface area contributed by atoms with Crippen molar-refractivity contribution >= 4 is 11.4 Å². The molecule has 2 atom stereocenters. The number of aliphatic hydroxyl groups is 2. The van der Waals surface area contributed by atoms with E-state index in [2.05, 4.69) is 101 Å². The third-order valence-electron chi connectivity index (χ3n) is 12.8. The fourth-order valence-corrected chi connectivity index (χ4v) is 8.66. The molecular formula is C58H60F3N3O4. The number of hydrogen-bond donors (Lipinski definition) is 2. The van der Waals surface area contributed by atoms with E-state index in [1.54, 1.807) is 43.3 Å². The standard InChI is InChI=1S/C30H33NO2.C28H27F3N2O2/c1-22(31-33-21-26-13-17-29(18-14-26)28-6-4-3-5-7-28)27-15-10-24(11-16-27)8-9-25-12-19-30(20-25)23(2)32;1-19(23-11-8-21(9-12-23)15-33-16-25(17-33)20(2)34)32-35-18-22-10-13-26(24-6-4-3-5-7-24)27(14-22)28(29,30)31/h3-7,10-11,13-18,25,30,32H,2,8-9,12,19-21H2,1H3;3-14,25,34H,2,15-18H2,1H3/b31-22-;32-19-. The lowest BCUT2D eigenvalue weighted by atomic mass is 9.96. The molecule has 8 rings (SSSR count). The summed E-state index contributed by atoms with van der Waals surface area (Å²) in [6.45, 7) is 13.8. The summed E-state index contributed by atoms with van der Waals surface area (Å²) >= 11 is 0. The van der Waals surface area contributed by atoms with Crippen LogP contribution in [0.25, 0.3) is 22.3 Å². The Labute approximate surface area is 398 Å². The van der Waals surface area contributed by atoms with Crippen molar-refractivity contribution < 1.29 is 33.1 Å². The zero-order chi connectivity index (χ0) is 48.0. The molecule has 2 N–H and O–H groups in total. The topological polar surface area (TPSA) is 86.9 Å². The average Bonchev–Trinajstić information content (AvgIpc) is 3.83. The summed E-state index contributed by atoms with van der Waals surface area (Å²) in [6, 6.07) is 48.0. The highest BCUT2D eigenvalue weighted by molar-refractivity contribution is 5.98. The molecule has 6 aromatic rings. The molecule has 1 aliphatic heterocycles. The maximum Gasteiger partial charge on any atom is 0.417 e. The van der Waals surface area contributed by atoms with Crippen LogP contribution in [0.3, 0.4) is 0 Å². The summed E-state index contributed by atoms with van der Waals surface area (Å²) in [5, 5.41) is 27.4. The lowest BCUT2D eigenvalue weighted by molar-refractivity contribution is -0.137. The highest BCUT2D eigenvalue weighted by atomic mass is 19.4. The molecule has 10 heteroatoms. The van der Waals surface area contributed by atoms with Gasteiger partial charge in [-0.3, -0.25) is 4.90 Å². The molecule has 6 aromatic carbocycles. The third-order valence-corrected chi connectivity index (χ3v) is 12.8. The fourth-order valence-electron chi connectivity index (χ4n) is 8.66. The van der Waals surface area contributed by atoms with Gasteiger partial charge < -0.3 is 19.9 Å². The summed E-state index contributed by atoms with van der Waals surface area (Å²) in [5.41, 5.74) is 9.80. The van der Waals surface area contributed by atoms with Crippen LogP contribution in [-0.2, 0) is 42.0 Å². The van der Waals surface area contributed by atoms with E-state index in [-0.39, 0.29) is 23.8 Å². The summed E-state index contributed by atoms with van der Waals surface area (Å²) in [6.07, 6.45) is 1.10. The van der Waals surface area contributed by atoms with Crippen LogP contribution in [0, 0.1) is 17.8 Å². The summed E-state index contributed by atoms with van der Waals surface area (Å²) in [5.74, 6) is 1.76. The van der Waals surface area contributed by atoms with Gasteiger partial charge in [0, 0.05) is 31.5 Å². The number of rotatable bonds is 17. The molecule has 0 amide bonds. The molecule has 7 nitrogen and oxygen atoms in total. The Hall–Kier alpha value is -6.91. The maximum absolute atomic E-state index is 13.7. The first-order valence-electron chi connectivity index (χ1n) is 23.2. The fraction of sp³-hybridized carbons (Fsp3) is 0.276. The van der Waals surface area contributed by atoms with Crippen molar-refractivity contribution in [3.05, 3.63) is 215 Å². The summed E-state index contributed by atoms with van der Waals surface area (Å²) in [4.78, 5) is 13.2. The minimum atomic E-state index is -4.48. The molecule has 2 aliphatic rings. The van der Waals surface area contributed by atoms with E-state index in [0.717, 1.165) is 72.9 Å². The van der Waals surface area contributed by atoms with Crippen LogP contribution in [0.15, 0.2) is 187 Å². The molecule has 2 fully saturated rings. The van der Waals surface area contributed by atoms with Gasteiger partial charge in [0.05, 0.1) is 28.5 Å². The van der Waals surface area contributed by atoms with Crippen molar-refractivity contribution in [1.82, 2.24) is 4.90 Å². The van der Waals surface area contributed by atoms with Crippen molar-refractivity contribution in [3.8, 4) is 22.3 Å². The predicted octanol–water partition coefficient (Wildman–Crippen LogP) is 14.5. The van der Waals surface area contributed by atoms with Crippen molar-refractivity contribution in [2.75, 3.05) is 13.1 Å². The van der Waals surface area contributed by atoms with Gasteiger partial charge in [0.2, 0.25) is 0 Å². The van der Waals surface area contributed by atoms with Crippen LogP contribution in [-0.4, -0.2) is 39.6 Å². The van der Waals surface area contributed by atoms with Crippen molar-refractivity contribution in [2.45, 2.75) is 71.9 Å². The van der Waals surface area contributed by atoms with Crippen LogP contribution in [0.5, 0.6) is 0 Å². The van der Waals surface area contributed by atoms with Crippen LogP contribution in [0.4, 0.5) is 13.2 Å². The first-order valence-corrected chi connectivity index (χ1v) is 23.2. The third kappa shape index (κ3) is 13.8. The second-order valence-electron chi connectivity index (χ2n) is 17.9. The van der Waals surface area contributed by atoms with Crippen LogP contribution in [0.2, 0.25) is 0 Å². The molecule has 352 valence electrons. The highest BCUT2D eigenvalue weighted by Crippen LogP contribution is 2.38. The van der Waals surface area contributed by atoms with Crippen molar-refractivity contribution in [1.29, 1.82) is 0 Å². The zero-order valence-electron chi connectivity index (χ0n) is 38.8. The molecule has 0 aromatic heterocycles. The predicted molar refractivity (Wildman–Crippen MR) is 267 cm³/mol. The number of likely N-dealkylation sites (tertiary alicyclic amines) is 1. The molecular weight excluding hydrogens is 860 g/mol. The molecule has 0 radical (unpaired) electrons. The average molecular weight is 920 g/mol. The Morgan fingerprint density at radius 2 is 1.10 bits per heavy atom. The van der Waals surface area contributed by atoms with Crippen LogP contribution < -0.4 is 0 Å². The molecule has 68 heavy (non-hydrogen) atoms. The summed E-state index contributed by atoms with van der Waals surface area (Å²) < 4.78 is 41.1. The molecule has 0 spiro atoms. The molecule has 1 heterocycles. The minimum Gasteiger partial charge on any atom is -0.513 e. The molecule has 1 aliphatic carbocycles. The van der Waals surface area contributed by atoms with Gasteiger partial charge in [0.25, 0.3) is 0 Å². The van der Waals surface area contributed by atoms with Gasteiger partial charge in [-0.25, -0.2) is 0 Å². The van der Waals surface area contributed by atoms with E-state index in [0.29, 0.717) is 41.0 Å². The second-order valence-corrected chi connectivity index (χ2v) is 17.9.